The average Bonchev–Trinajstić information content (AvgIpc) is 2.99. The molecule has 1 saturated carbocycles. The number of aromatic carboxylic acids is 1. The van der Waals surface area contributed by atoms with E-state index in [1.54, 1.807) is 22.7 Å². The highest BCUT2D eigenvalue weighted by molar-refractivity contribution is 5.89. The number of anilines is 1. The number of fused-ring (bicyclic) bond motifs is 1. The van der Waals surface area contributed by atoms with Crippen LogP contribution < -0.4 is 5.73 Å². The fourth-order valence-corrected chi connectivity index (χ4v) is 1.93. The predicted molar refractivity (Wildman–Crippen MR) is 58.5 cm³/mol. The van der Waals surface area contributed by atoms with E-state index < -0.39 is 5.97 Å². The van der Waals surface area contributed by atoms with Crippen LogP contribution in [0.5, 0.6) is 0 Å². The van der Waals surface area contributed by atoms with Gasteiger partial charge in [0.15, 0.2) is 5.69 Å². The zero-order chi connectivity index (χ0) is 11.3. The molecule has 2 heterocycles. The van der Waals surface area contributed by atoms with E-state index in [2.05, 4.69) is 4.98 Å². The summed E-state index contributed by atoms with van der Waals surface area (Å²) in [6, 6.07) is 3.47. The normalized spacial score (nSPS) is 15.5. The first kappa shape index (κ1) is 9.21. The van der Waals surface area contributed by atoms with E-state index >= 15 is 0 Å². The molecule has 0 atom stereocenters. The second kappa shape index (κ2) is 2.98. The molecule has 5 heteroatoms. The van der Waals surface area contributed by atoms with Crippen molar-refractivity contribution < 1.29 is 9.90 Å². The van der Waals surface area contributed by atoms with Gasteiger partial charge in [-0.3, -0.25) is 4.40 Å². The molecule has 0 spiro atoms. The highest BCUT2D eigenvalue weighted by Crippen LogP contribution is 2.41. The number of rotatable bonds is 2. The van der Waals surface area contributed by atoms with Crippen LogP contribution in [-0.2, 0) is 0 Å². The molecule has 0 bridgehead atoms. The van der Waals surface area contributed by atoms with E-state index in [1.807, 2.05) is 0 Å². The summed E-state index contributed by atoms with van der Waals surface area (Å²) in [5.74, 6) is -0.632. The van der Waals surface area contributed by atoms with Gasteiger partial charge in [0, 0.05) is 17.8 Å². The number of nitrogens with zero attached hydrogens (tertiary/aromatic N) is 2. The smallest absolute Gasteiger partial charge is 0.354 e. The number of carboxylic acids is 1. The van der Waals surface area contributed by atoms with E-state index in [1.165, 1.54) is 0 Å². The van der Waals surface area contributed by atoms with Gasteiger partial charge in [-0.1, -0.05) is 0 Å². The van der Waals surface area contributed by atoms with Gasteiger partial charge in [0.25, 0.3) is 0 Å². The van der Waals surface area contributed by atoms with Crippen LogP contribution in [0, 0.1) is 0 Å². The van der Waals surface area contributed by atoms with Gasteiger partial charge in [-0.05, 0) is 25.0 Å². The Morgan fingerprint density at radius 2 is 2.25 bits per heavy atom. The Kier molecular flexibility index (Phi) is 1.71. The Balaban J connectivity index is 2.33. The van der Waals surface area contributed by atoms with Crippen molar-refractivity contribution in [3.8, 4) is 0 Å². The molecule has 16 heavy (non-hydrogen) atoms. The lowest BCUT2D eigenvalue weighted by Crippen LogP contribution is -2.05. The molecule has 3 rings (SSSR count). The molecule has 0 saturated heterocycles. The van der Waals surface area contributed by atoms with Gasteiger partial charge in [-0.25, -0.2) is 9.78 Å². The highest BCUT2D eigenvalue weighted by Gasteiger charge is 2.32. The fourth-order valence-electron chi connectivity index (χ4n) is 1.93. The van der Waals surface area contributed by atoms with E-state index in [4.69, 9.17) is 5.73 Å². The zero-order valence-corrected chi connectivity index (χ0v) is 8.55. The molecule has 1 fully saturated rings. The molecular formula is C11H11N3O2. The highest BCUT2D eigenvalue weighted by atomic mass is 16.4. The number of nitrogen functional groups attached to an aromatic ring is 1. The molecule has 3 N–H and O–H groups in total. The number of pyridine rings is 1. The van der Waals surface area contributed by atoms with Crippen molar-refractivity contribution in [3.63, 3.8) is 0 Å². The van der Waals surface area contributed by atoms with Gasteiger partial charge in [-0.2, -0.15) is 0 Å². The molecule has 0 amide bonds. The third-order valence-electron chi connectivity index (χ3n) is 2.83. The van der Waals surface area contributed by atoms with Gasteiger partial charge < -0.3 is 10.8 Å². The lowest BCUT2D eigenvalue weighted by atomic mass is 10.2. The number of hydrogen-bond donors (Lipinski definition) is 2. The SMILES string of the molecule is Nc1ccc2nc(C3CC3)c(C(=O)O)n2c1. The second-order valence-electron chi connectivity index (χ2n) is 4.12. The first-order valence-electron chi connectivity index (χ1n) is 5.17. The first-order chi connectivity index (χ1) is 7.66. The maximum Gasteiger partial charge on any atom is 0.354 e. The lowest BCUT2D eigenvalue weighted by molar-refractivity contribution is 0.0688. The van der Waals surface area contributed by atoms with Gasteiger partial charge in [0.2, 0.25) is 0 Å². The minimum atomic E-state index is -0.944. The van der Waals surface area contributed by atoms with Gasteiger partial charge in [0.05, 0.1) is 5.69 Å². The van der Waals surface area contributed by atoms with Crippen molar-refractivity contribution in [1.29, 1.82) is 0 Å². The largest absolute Gasteiger partial charge is 0.477 e. The van der Waals surface area contributed by atoms with Crippen molar-refractivity contribution in [3.05, 3.63) is 29.7 Å². The van der Waals surface area contributed by atoms with Crippen molar-refractivity contribution in [2.75, 3.05) is 5.73 Å². The fraction of sp³-hybridized carbons (Fsp3) is 0.273. The summed E-state index contributed by atoms with van der Waals surface area (Å²) in [6.45, 7) is 0. The Morgan fingerprint density at radius 1 is 1.50 bits per heavy atom. The van der Waals surface area contributed by atoms with Crippen molar-refractivity contribution in [2.45, 2.75) is 18.8 Å². The Hall–Kier alpha value is -2.04. The minimum absolute atomic E-state index is 0.254. The molecule has 2 aromatic rings. The summed E-state index contributed by atoms with van der Waals surface area (Å²) in [4.78, 5) is 15.6. The average molecular weight is 217 g/mol. The standard InChI is InChI=1S/C11H11N3O2/c12-7-3-4-8-13-9(6-1-2-6)10(11(15)16)14(8)5-7/h3-6H,1-2,12H2,(H,15,16). The van der Waals surface area contributed by atoms with E-state index in [0.29, 0.717) is 22.9 Å². The number of hydrogen-bond acceptors (Lipinski definition) is 3. The van der Waals surface area contributed by atoms with Crippen LogP contribution in [0.25, 0.3) is 5.65 Å². The molecule has 0 unspecified atom stereocenters. The van der Waals surface area contributed by atoms with E-state index in [9.17, 15) is 9.90 Å². The first-order valence-corrected chi connectivity index (χ1v) is 5.17. The molecule has 82 valence electrons. The Morgan fingerprint density at radius 3 is 2.88 bits per heavy atom. The number of aromatic nitrogens is 2. The molecule has 5 nitrogen and oxygen atoms in total. The zero-order valence-electron chi connectivity index (χ0n) is 8.55. The summed E-state index contributed by atoms with van der Waals surface area (Å²) >= 11 is 0. The Bertz CT molecular complexity index is 584. The minimum Gasteiger partial charge on any atom is -0.477 e. The van der Waals surface area contributed by atoms with E-state index in [-0.39, 0.29) is 5.69 Å². The van der Waals surface area contributed by atoms with Gasteiger partial charge in [-0.15, -0.1) is 0 Å². The summed E-state index contributed by atoms with van der Waals surface area (Å²) in [5.41, 5.74) is 7.78. The number of carboxylic acid groups (broad SMARTS) is 1. The van der Waals surface area contributed by atoms with Gasteiger partial charge in [0.1, 0.15) is 5.65 Å². The Labute approximate surface area is 91.5 Å². The van der Waals surface area contributed by atoms with E-state index in [0.717, 1.165) is 12.8 Å². The van der Waals surface area contributed by atoms with Crippen molar-refractivity contribution >= 4 is 17.3 Å². The number of carbonyl (C=O) groups is 1. The molecule has 1 aliphatic rings. The topological polar surface area (TPSA) is 80.6 Å². The summed E-state index contributed by atoms with van der Waals surface area (Å²) < 4.78 is 1.56. The predicted octanol–water partition coefficient (Wildman–Crippen LogP) is 1.49. The molecule has 0 aliphatic heterocycles. The summed E-state index contributed by atoms with van der Waals surface area (Å²) in [5, 5.41) is 9.22. The summed E-state index contributed by atoms with van der Waals surface area (Å²) in [6.07, 6.45) is 3.66. The molecular weight excluding hydrogens is 206 g/mol. The third kappa shape index (κ3) is 1.25. The maximum atomic E-state index is 11.2. The van der Waals surface area contributed by atoms with Crippen LogP contribution >= 0.6 is 0 Å². The molecule has 0 radical (unpaired) electrons. The summed E-state index contributed by atoms with van der Waals surface area (Å²) in [7, 11) is 0. The monoisotopic (exact) mass is 217 g/mol. The molecule has 2 aromatic heterocycles. The number of imidazole rings is 1. The lowest BCUT2D eigenvalue weighted by Gasteiger charge is -1.99. The van der Waals surface area contributed by atoms with Crippen LogP contribution in [0.3, 0.4) is 0 Å². The maximum absolute atomic E-state index is 11.2. The van der Waals surface area contributed by atoms with Crippen LogP contribution in [0.1, 0.15) is 34.9 Å². The van der Waals surface area contributed by atoms with Crippen LogP contribution in [0.15, 0.2) is 18.3 Å². The second-order valence-corrected chi connectivity index (χ2v) is 4.12. The van der Waals surface area contributed by atoms with Crippen LogP contribution in [0.2, 0.25) is 0 Å². The third-order valence-corrected chi connectivity index (χ3v) is 2.83. The van der Waals surface area contributed by atoms with Crippen LogP contribution in [0.4, 0.5) is 5.69 Å². The van der Waals surface area contributed by atoms with Crippen LogP contribution in [-0.4, -0.2) is 20.5 Å². The quantitative estimate of drug-likeness (QED) is 0.798. The molecule has 1 aliphatic carbocycles. The van der Waals surface area contributed by atoms with Crippen molar-refractivity contribution in [1.82, 2.24) is 9.38 Å². The number of nitrogens with two attached hydrogens (primary N) is 1. The van der Waals surface area contributed by atoms with Gasteiger partial charge >= 0.3 is 5.97 Å². The molecule has 0 aromatic carbocycles. The van der Waals surface area contributed by atoms with Crippen molar-refractivity contribution in [2.24, 2.45) is 0 Å².